The van der Waals surface area contributed by atoms with Gasteiger partial charge in [0, 0.05) is 57.7 Å². The lowest BCUT2D eigenvalue weighted by Crippen LogP contribution is -2.83. The fraction of sp³-hybridized carbons (Fsp3) is 0.417. The largest absolute Gasteiger partial charge is 0.474 e. The molecule has 4 saturated carbocycles. The number of hydrogen-bond acceptors (Lipinski definition) is 8. The molecule has 4 bridgehead atoms. The van der Waals surface area contributed by atoms with Gasteiger partial charge in [-0.25, -0.2) is 19.2 Å². The van der Waals surface area contributed by atoms with Crippen LogP contribution in [-0.2, 0) is 38.4 Å². The molecule has 16 nitrogen and oxygen atoms in total. The molecule has 4 rings (SSSR count). The number of rotatable bonds is 4. The minimum atomic E-state index is -1.85. The van der Waals surface area contributed by atoms with Crippen LogP contribution in [0.15, 0.2) is 0 Å². The molecule has 208 valence electrons. The van der Waals surface area contributed by atoms with Crippen LogP contribution in [0.3, 0.4) is 0 Å². The molecule has 0 saturated heterocycles. The Kier molecular flexibility index (Phi) is 7.47. The monoisotopic (exact) mass is 556 g/mol. The van der Waals surface area contributed by atoms with Crippen molar-refractivity contribution in [3.8, 4) is 35.5 Å². The maximum atomic E-state index is 12.6. The highest BCUT2D eigenvalue weighted by Gasteiger charge is 2.70. The lowest BCUT2D eigenvalue weighted by Gasteiger charge is -2.70. The normalized spacial score (nSPS) is 28.4. The quantitative estimate of drug-likeness (QED) is 0.122. The van der Waals surface area contributed by atoms with E-state index >= 15 is 0 Å². The third-order valence-electron chi connectivity index (χ3n) is 6.62. The van der Waals surface area contributed by atoms with E-state index in [0.717, 1.165) is 0 Å². The Morgan fingerprint density at radius 2 is 0.675 bits per heavy atom. The highest BCUT2D eigenvalue weighted by molar-refractivity contribution is 6.31. The molecule has 0 aromatic carbocycles. The molecule has 16 heteroatoms. The molecule has 40 heavy (non-hydrogen) atoms. The van der Waals surface area contributed by atoms with E-state index in [4.69, 9.17) is 15.3 Å². The molecule has 4 amide bonds. The van der Waals surface area contributed by atoms with Gasteiger partial charge in [-0.2, -0.15) is 0 Å². The summed E-state index contributed by atoms with van der Waals surface area (Å²) in [5, 5.41) is 45.7. The van der Waals surface area contributed by atoms with Gasteiger partial charge in [0.15, 0.2) is 0 Å². The average Bonchev–Trinajstić information content (AvgIpc) is 2.77. The summed E-state index contributed by atoms with van der Waals surface area (Å²) in [5.41, 5.74) is -5.82. The standard InChI is InChI=1S/C24H20N4O12/c29-13(1-4-16(32)33)25-21-7-22(26-14(30)2-5-17(34)35)9-23(8-21,27-15(31)3-6-18(36)37)12-24(10-21,11-22)28-19(38)20(39)40/h7-12H2,(H,25,29)(H,26,30)(H,27,31)(H,28,38)(H,32,33)(H,34,35)(H,36,37)(H,39,40). The van der Waals surface area contributed by atoms with Gasteiger partial charge in [0.1, 0.15) is 0 Å². The zero-order valence-electron chi connectivity index (χ0n) is 20.3. The first kappa shape index (κ1) is 29.0. The van der Waals surface area contributed by atoms with Crippen molar-refractivity contribution in [2.75, 3.05) is 0 Å². The van der Waals surface area contributed by atoms with Crippen molar-refractivity contribution in [1.29, 1.82) is 0 Å². The van der Waals surface area contributed by atoms with Gasteiger partial charge in [-0.1, -0.05) is 0 Å². The van der Waals surface area contributed by atoms with Gasteiger partial charge in [0.05, 0.1) is 0 Å². The smallest absolute Gasteiger partial charge is 0.394 e. The Morgan fingerprint density at radius 3 is 0.900 bits per heavy atom. The van der Waals surface area contributed by atoms with Crippen molar-refractivity contribution in [3.05, 3.63) is 0 Å². The summed E-state index contributed by atoms with van der Waals surface area (Å²) >= 11 is 0. The number of nitrogens with one attached hydrogen (secondary N) is 4. The first-order valence-electron chi connectivity index (χ1n) is 11.3. The Labute approximate surface area is 224 Å². The van der Waals surface area contributed by atoms with Crippen molar-refractivity contribution in [2.24, 2.45) is 0 Å². The number of amides is 4. The molecule has 0 radical (unpaired) electrons. The summed E-state index contributed by atoms with van der Waals surface area (Å²) in [6.45, 7) is 0. The molecule has 4 aliphatic rings. The number of hydrogen-bond donors (Lipinski definition) is 8. The Morgan fingerprint density at radius 1 is 0.425 bits per heavy atom. The van der Waals surface area contributed by atoms with E-state index in [1.54, 1.807) is 17.8 Å². The number of carboxylic acids is 4. The third-order valence-corrected chi connectivity index (χ3v) is 6.62. The molecule has 4 fully saturated rings. The minimum Gasteiger partial charge on any atom is -0.474 e. The van der Waals surface area contributed by atoms with Crippen LogP contribution >= 0.6 is 0 Å². The molecule has 4 aliphatic carbocycles. The highest BCUT2D eigenvalue weighted by Crippen LogP contribution is 2.61. The molecule has 0 aliphatic heterocycles. The number of carboxylic acid groups (broad SMARTS) is 4. The molecular formula is C24H20N4O12. The summed E-state index contributed by atoms with van der Waals surface area (Å²) in [6, 6.07) is 0. The first-order valence-corrected chi connectivity index (χ1v) is 11.3. The summed E-state index contributed by atoms with van der Waals surface area (Å²) in [5.74, 6) is -0.762. The van der Waals surface area contributed by atoms with Crippen molar-refractivity contribution >= 4 is 47.5 Å². The maximum absolute atomic E-state index is 12.6. The van der Waals surface area contributed by atoms with Crippen LogP contribution in [0.2, 0.25) is 0 Å². The zero-order valence-corrected chi connectivity index (χ0v) is 20.3. The molecule has 0 atom stereocenters. The minimum absolute atomic E-state index is 0.0932. The molecule has 0 spiro atoms. The van der Waals surface area contributed by atoms with Crippen molar-refractivity contribution in [1.82, 2.24) is 21.3 Å². The van der Waals surface area contributed by atoms with Crippen LogP contribution in [0, 0.1) is 35.5 Å². The third kappa shape index (κ3) is 6.65. The summed E-state index contributed by atoms with van der Waals surface area (Å²) in [4.78, 5) is 93.9. The van der Waals surface area contributed by atoms with Crippen molar-refractivity contribution in [3.63, 3.8) is 0 Å². The second-order valence-electron chi connectivity index (χ2n) is 9.97. The van der Waals surface area contributed by atoms with E-state index < -0.39 is 69.7 Å². The molecule has 0 heterocycles. The lowest BCUT2D eigenvalue weighted by molar-refractivity contribution is -0.157. The van der Waals surface area contributed by atoms with Gasteiger partial charge >= 0.3 is 29.8 Å². The highest BCUT2D eigenvalue weighted by atomic mass is 16.4. The Bertz CT molecular complexity index is 1290. The molecular weight excluding hydrogens is 536 g/mol. The zero-order chi connectivity index (χ0) is 29.9. The second-order valence-corrected chi connectivity index (χ2v) is 9.97. The number of aliphatic carboxylic acids is 4. The van der Waals surface area contributed by atoms with Gasteiger partial charge < -0.3 is 41.7 Å². The average molecular weight is 556 g/mol. The molecule has 0 aromatic heterocycles. The van der Waals surface area contributed by atoms with Crippen LogP contribution in [0.1, 0.15) is 38.5 Å². The van der Waals surface area contributed by atoms with Crippen LogP contribution in [-0.4, -0.2) is 90.1 Å². The van der Waals surface area contributed by atoms with Gasteiger partial charge in [-0.15, -0.1) is 0 Å². The predicted octanol–water partition coefficient (Wildman–Crippen LogP) is -3.86. The summed E-state index contributed by atoms with van der Waals surface area (Å²) in [6.07, 6.45) is -0.665. The molecule has 8 N–H and O–H groups in total. The van der Waals surface area contributed by atoms with E-state index in [1.807, 2.05) is 17.8 Å². The number of carbonyl (C=O) groups excluding carboxylic acids is 4. The van der Waals surface area contributed by atoms with Crippen LogP contribution in [0.25, 0.3) is 0 Å². The summed E-state index contributed by atoms with van der Waals surface area (Å²) in [7, 11) is 0. The second kappa shape index (κ2) is 10.3. The number of carbonyl (C=O) groups is 8. The van der Waals surface area contributed by atoms with Crippen molar-refractivity contribution < 1.29 is 58.8 Å². The Balaban J connectivity index is 2.14. The van der Waals surface area contributed by atoms with E-state index in [9.17, 15) is 43.5 Å². The summed E-state index contributed by atoms with van der Waals surface area (Å²) < 4.78 is 0. The van der Waals surface area contributed by atoms with Crippen LogP contribution < -0.4 is 21.3 Å². The van der Waals surface area contributed by atoms with Gasteiger partial charge in [0.25, 0.3) is 17.7 Å². The van der Waals surface area contributed by atoms with E-state index in [0.29, 0.717) is 0 Å². The van der Waals surface area contributed by atoms with Gasteiger partial charge in [0.2, 0.25) is 0 Å². The van der Waals surface area contributed by atoms with Crippen LogP contribution in [0.4, 0.5) is 0 Å². The Hall–Kier alpha value is -5.56. The van der Waals surface area contributed by atoms with Crippen molar-refractivity contribution in [2.45, 2.75) is 60.7 Å². The SMILES string of the molecule is O=C(O)C#CC(=O)NC12CC3(NC(=O)C#CC(=O)O)CC(NC(=O)C#CC(=O)O)(C1)CC(NC(=O)C(=O)O)(C2)C3. The van der Waals surface area contributed by atoms with Crippen LogP contribution in [0.5, 0.6) is 0 Å². The van der Waals surface area contributed by atoms with Gasteiger partial charge in [-0.05, 0) is 38.5 Å². The molecule has 0 unspecified atom stereocenters. The van der Waals surface area contributed by atoms with E-state index in [-0.39, 0.29) is 38.5 Å². The van der Waals surface area contributed by atoms with E-state index in [2.05, 4.69) is 21.3 Å². The van der Waals surface area contributed by atoms with E-state index in [1.165, 1.54) is 0 Å². The van der Waals surface area contributed by atoms with Gasteiger partial charge in [-0.3, -0.25) is 19.2 Å². The predicted molar refractivity (Wildman–Crippen MR) is 125 cm³/mol. The lowest BCUT2D eigenvalue weighted by atomic mass is 9.44. The fourth-order valence-electron chi connectivity index (χ4n) is 6.61. The first-order chi connectivity index (χ1) is 18.5. The molecule has 0 aromatic rings. The fourth-order valence-corrected chi connectivity index (χ4v) is 6.61. The topological polar surface area (TPSA) is 266 Å². The maximum Gasteiger partial charge on any atom is 0.394 e.